The van der Waals surface area contributed by atoms with Gasteiger partial charge in [-0.15, -0.1) is 0 Å². The third-order valence-corrected chi connectivity index (χ3v) is 6.34. The highest BCUT2D eigenvalue weighted by molar-refractivity contribution is 6.30. The first-order valence-electron chi connectivity index (χ1n) is 10.1. The maximum atomic E-state index is 13.2. The molecule has 2 heterocycles. The van der Waals surface area contributed by atoms with Gasteiger partial charge in [-0.3, -0.25) is 4.79 Å². The summed E-state index contributed by atoms with van der Waals surface area (Å²) in [5.74, 6) is 0.990. The van der Waals surface area contributed by atoms with Crippen LogP contribution in [0.3, 0.4) is 0 Å². The molecule has 1 saturated heterocycles. The minimum Gasteiger partial charge on any atom is -0.350 e. The third-order valence-electron chi connectivity index (χ3n) is 6.09. The Balaban J connectivity index is 1.70. The van der Waals surface area contributed by atoms with Crippen LogP contribution < -0.4 is 0 Å². The van der Waals surface area contributed by atoms with Gasteiger partial charge in [-0.25, -0.2) is 0 Å². The summed E-state index contributed by atoms with van der Waals surface area (Å²) in [7, 11) is 2.07. The monoisotopic (exact) mass is 394 g/mol. The van der Waals surface area contributed by atoms with Crippen LogP contribution in [0.15, 0.2) is 54.7 Å². The van der Waals surface area contributed by atoms with Gasteiger partial charge < -0.3 is 9.47 Å². The lowest BCUT2D eigenvalue weighted by Crippen LogP contribution is -2.38. The lowest BCUT2D eigenvalue weighted by Gasteiger charge is -2.31. The number of benzene rings is 2. The molecule has 0 saturated carbocycles. The van der Waals surface area contributed by atoms with Crippen molar-refractivity contribution in [1.29, 1.82) is 0 Å². The highest BCUT2D eigenvalue weighted by atomic mass is 35.5. The molecule has 4 heteroatoms. The summed E-state index contributed by atoms with van der Waals surface area (Å²) in [6, 6.07) is 16.4. The average Bonchev–Trinajstić information content (AvgIpc) is 3.04. The maximum absolute atomic E-state index is 13.2. The SMILES string of the molecule is CC1CCN(C(=O)C[C@@H](c2ccc(Cl)cc2)c2cn(C)c3ccccc23)CC1. The lowest BCUT2D eigenvalue weighted by molar-refractivity contribution is -0.132. The molecule has 2 aromatic carbocycles. The van der Waals surface area contributed by atoms with Crippen molar-refractivity contribution in [2.75, 3.05) is 13.1 Å². The van der Waals surface area contributed by atoms with E-state index in [-0.39, 0.29) is 11.8 Å². The summed E-state index contributed by atoms with van der Waals surface area (Å²) in [5, 5.41) is 1.93. The van der Waals surface area contributed by atoms with Gasteiger partial charge in [-0.05, 0) is 48.1 Å². The minimum atomic E-state index is 0.0233. The van der Waals surface area contributed by atoms with E-state index in [9.17, 15) is 4.79 Å². The molecule has 1 aromatic heterocycles. The van der Waals surface area contributed by atoms with E-state index in [1.54, 1.807) is 0 Å². The number of aryl methyl sites for hydroxylation is 1. The van der Waals surface area contributed by atoms with E-state index in [1.165, 1.54) is 16.5 Å². The summed E-state index contributed by atoms with van der Waals surface area (Å²) in [6.45, 7) is 4.03. The van der Waals surface area contributed by atoms with Crippen LogP contribution in [0.4, 0.5) is 0 Å². The number of rotatable bonds is 4. The van der Waals surface area contributed by atoms with Gasteiger partial charge in [0.1, 0.15) is 0 Å². The number of piperidine rings is 1. The number of carbonyl (C=O) groups excluding carboxylic acids is 1. The zero-order valence-electron chi connectivity index (χ0n) is 16.6. The Labute approximate surface area is 171 Å². The highest BCUT2D eigenvalue weighted by Gasteiger charge is 2.26. The van der Waals surface area contributed by atoms with Crippen LogP contribution in [0, 0.1) is 5.92 Å². The van der Waals surface area contributed by atoms with Crippen molar-refractivity contribution in [2.24, 2.45) is 13.0 Å². The van der Waals surface area contributed by atoms with E-state index in [0.717, 1.165) is 36.5 Å². The zero-order chi connectivity index (χ0) is 19.7. The maximum Gasteiger partial charge on any atom is 0.223 e. The van der Waals surface area contributed by atoms with E-state index >= 15 is 0 Å². The van der Waals surface area contributed by atoms with Crippen LogP contribution in [-0.4, -0.2) is 28.5 Å². The second-order valence-electron chi connectivity index (χ2n) is 8.08. The molecule has 3 aromatic rings. The molecular formula is C24H27ClN2O. The Hall–Kier alpha value is -2.26. The summed E-state index contributed by atoms with van der Waals surface area (Å²) in [5.41, 5.74) is 3.54. The van der Waals surface area contributed by atoms with Crippen LogP contribution in [0.5, 0.6) is 0 Å². The van der Waals surface area contributed by atoms with Crippen molar-refractivity contribution in [1.82, 2.24) is 9.47 Å². The van der Waals surface area contributed by atoms with Crippen LogP contribution in [0.25, 0.3) is 10.9 Å². The number of halogens is 1. The number of aromatic nitrogens is 1. The van der Waals surface area contributed by atoms with Gasteiger partial charge in [0.05, 0.1) is 0 Å². The van der Waals surface area contributed by atoms with E-state index in [1.807, 2.05) is 17.0 Å². The number of para-hydroxylation sites is 1. The van der Waals surface area contributed by atoms with E-state index in [4.69, 9.17) is 11.6 Å². The molecule has 1 atom stereocenters. The summed E-state index contributed by atoms with van der Waals surface area (Å²) in [4.78, 5) is 15.2. The summed E-state index contributed by atoms with van der Waals surface area (Å²) < 4.78 is 2.15. The predicted molar refractivity (Wildman–Crippen MR) is 116 cm³/mol. The number of likely N-dealkylation sites (tertiary alicyclic amines) is 1. The van der Waals surface area contributed by atoms with Crippen LogP contribution >= 0.6 is 11.6 Å². The predicted octanol–water partition coefficient (Wildman–Crippen LogP) is 5.61. The molecule has 146 valence electrons. The first-order chi connectivity index (χ1) is 13.5. The fourth-order valence-corrected chi connectivity index (χ4v) is 4.44. The summed E-state index contributed by atoms with van der Waals surface area (Å²) >= 11 is 6.12. The standard InChI is InChI=1S/C24H27ClN2O/c1-17-11-13-27(14-12-17)24(28)15-21(18-7-9-19(25)10-8-18)22-16-26(2)23-6-4-3-5-20(22)23/h3-10,16-17,21H,11-15H2,1-2H3/t21-/m0/s1. The smallest absolute Gasteiger partial charge is 0.223 e. The minimum absolute atomic E-state index is 0.0233. The molecule has 0 spiro atoms. The number of nitrogens with zero attached hydrogens (tertiary/aromatic N) is 2. The van der Waals surface area contributed by atoms with Gasteiger partial charge in [-0.1, -0.05) is 48.9 Å². The van der Waals surface area contributed by atoms with Gasteiger partial charge in [0.2, 0.25) is 5.91 Å². The van der Waals surface area contributed by atoms with E-state index < -0.39 is 0 Å². The van der Waals surface area contributed by atoms with Crippen LogP contribution in [0.1, 0.15) is 43.2 Å². The van der Waals surface area contributed by atoms with Gasteiger partial charge in [-0.2, -0.15) is 0 Å². The molecule has 3 nitrogen and oxygen atoms in total. The van der Waals surface area contributed by atoms with Crippen molar-refractivity contribution >= 4 is 28.4 Å². The van der Waals surface area contributed by atoms with Crippen molar-refractivity contribution in [3.8, 4) is 0 Å². The first kappa shape index (κ1) is 19.1. The van der Waals surface area contributed by atoms with Crippen molar-refractivity contribution in [2.45, 2.75) is 32.1 Å². The second-order valence-corrected chi connectivity index (χ2v) is 8.52. The topological polar surface area (TPSA) is 25.2 Å². The zero-order valence-corrected chi connectivity index (χ0v) is 17.3. The molecule has 28 heavy (non-hydrogen) atoms. The van der Waals surface area contributed by atoms with Gasteiger partial charge in [0.15, 0.2) is 0 Å². The molecule has 1 aliphatic rings. The molecule has 4 rings (SSSR count). The van der Waals surface area contributed by atoms with Crippen molar-refractivity contribution in [3.63, 3.8) is 0 Å². The second kappa shape index (κ2) is 8.00. The molecule has 0 aliphatic carbocycles. The largest absolute Gasteiger partial charge is 0.350 e. The van der Waals surface area contributed by atoms with Crippen molar-refractivity contribution in [3.05, 3.63) is 70.9 Å². The molecular weight excluding hydrogens is 368 g/mol. The Kier molecular flexibility index (Phi) is 5.45. The Morgan fingerprint density at radius 1 is 1.11 bits per heavy atom. The van der Waals surface area contributed by atoms with Crippen LogP contribution in [-0.2, 0) is 11.8 Å². The number of hydrogen-bond acceptors (Lipinski definition) is 1. The fourth-order valence-electron chi connectivity index (χ4n) is 4.31. The first-order valence-corrected chi connectivity index (χ1v) is 10.5. The van der Waals surface area contributed by atoms with Gasteiger partial charge in [0, 0.05) is 54.6 Å². The lowest BCUT2D eigenvalue weighted by atomic mass is 9.87. The number of hydrogen-bond donors (Lipinski definition) is 0. The van der Waals surface area contributed by atoms with E-state index in [0.29, 0.717) is 12.3 Å². The number of carbonyl (C=O) groups is 1. The molecule has 1 aliphatic heterocycles. The quantitative estimate of drug-likeness (QED) is 0.564. The van der Waals surface area contributed by atoms with Gasteiger partial charge in [0.25, 0.3) is 0 Å². The average molecular weight is 395 g/mol. The Bertz CT molecular complexity index is 968. The fraction of sp³-hybridized carbons (Fsp3) is 0.375. The van der Waals surface area contributed by atoms with Gasteiger partial charge >= 0.3 is 0 Å². The molecule has 0 bridgehead atoms. The number of fused-ring (bicyclic) bond motifs is 1. The molecule has 0 unspecified atom stereocenters. The molecule has 1 amide bonds. The Morgan fingerprint density at radius 2 is 1.79 bits per heavy atom. The number of amides is 1. The molecule has 1 fully saturated rings. The molecule has 0 radical (unpaired) electrons. The summed E-state index contributed by atoms with van der Waals surface area (Å²) in [6.07, 6.45) is 4.87. The highest BCUT2D eigenvalue weighted by Crippen LogP contribution is 2.35. The molecule has 0 N–H and O–H groups in total. The Morgan fingerprint density at radius 3 is 2.50 bits per heavy atom. The third kappa shape index (κ3) is 3.81. The van der Waals surface area contributed by atoms with Crippen molar-refractivity contribution < 1.29 is 4.79 Å². The van der Waals surface area contributed by atoms with Crippen LogP contribution in [0.2, 0.25) is 5.02 Å². The van der Waals surface area contributed by atoms with E-state index in [2.05, 4.69) is 61.1 Å². The normalized spacial score (nSPS) is 16.5.